The van der Waals surface area contributed by atoms with Crippen molar-refractivity contribution in [2.75, 3.05) is 13.1 Å². The molecule has 2 nitrogen and oxygen atoms in total. The van der Waals surface area contributed by atoms with Gasteiger partial charge >= 0.3 is 0 Å². The Labute approximate surface area is 111 Å². The highest BCUT2D eigenvalue weighted by Gasteiger charge is 2.23. The summed E-state index contributed by atoms with van der Waals surface area (Å²) in [5.74, 6) is 0.801. The number of benzene rings is 1. The number of carbonyl (C=O) groups excluding carboxylic acids is 1. The van der Waals surface area contributed by atoms with E-state index in [1.165, 1.54) is 6.42 Å². The Morgan fingerprint density at radius 3 is 2.94 bits per heavy atom. The van der Waals surface area contributed by atoms with Gasteiger partial charge in [-0.25, -0.2) is 0 Å². The number of likely N-dealkylation sites (tertiary alicyclic amines) is 1. The minimum Gasteiger partial charge on any atom is -0.338 e. The van der Waals surface area contributed by atoms with Crippen molar-refractivity contribution in [2.24, 2.45) is 5.92 Å². The van der Waals surface area contributed by atoms with Gasteiger partial charge in [-0.05, 0) is 43.4 Å². The molecule has 0 N–H and O–H groups in total. The fraction of sp³-hybridized carbons (Fsp3) is 0.500. The lowest BCUT2D eigenvalue weighted by molar-refractivity contribution is 0.0682. The van der Waals surface area contributed by atoms with Crippen LogP contribution in [0.15, 0.2) is 22.7 Å². The van der Waals surface area contributed by atoms with E-state index < -0.39 is 0 Å². The van der Waals surface area contributed by atoms with Crippen molar-refractivity contribution in [1.29, 1.82) is 0 Å². The van der Waals surface area contributed by atoms with E-state index in [2.05, 4.69) is 22.9 Å². The third-order valence-corrected chi connectivity index (χ3v) is 3.87. The van der Waals surface area contributed by atoms with Crippen molar-refractivity contribution in [2.45, 2.75) is 26.7 Å². The van der Waals surface area contributed by atoms with Crippen LogP contribution in [0.4, 0.5) is 0 Å². The first-order valence-corrected chi connectivity index (χ1v) is 6.92. The fourth-order valence-corrected chi connectivity index (χ4v) is 2.73. The zero-order valence-corrected chi connectivity index (χ0v) is 12.0. The summed E-state index contributed by atoms with van der Waals surface area (Å²) in [7, 11) is 0. The van der Waals surface area contributed by atoms with Crippen LogP contribution < -0.4 is 0 Å². The van der Waals surface area contributed by atoms with Gasteiger partial charge < -0.3 is 4.90 Å². The smallest absolute Gasteiger partial charge is 0.254 e. The molecule has 0 saturated carbocycles. The van der Waals surface area contributed by atoms with Crippen molar-refractivity contribution >= 4 is 21.8 Å². The molecule has 1 aromatic carbocycles. The van der Waals surface area contributed by atoms with Gasteiger partial charge in [0.05, 0.1) is 0 Å². The predicted octanol–water partition coefficient (Wildman–Crippen LogP) is 3.63. The Bertz CT molecular complexity index is 430. The number of hydrogen-bond donors (Lipinski definition) is 0. The van der Waals surface area contributed by atoms with Gasteiger partial charge in [-0.2, -0.15) is 0 Å². The SMILES string of the molecule is Cc1ccc(Br)cc1C(=O)N1CCCC(C)C1. The van der Waals surface area contributed by atoms with Gasteiger partial charge in [-0.3, -0.25) is 4.79 Å². The van der Waals surface area contributed by atoms with Crippen LogP contribution in [-0.2, 0) is 0 Å². The number of piperidine rings is 1. The average Bonchev–Trinajstić information content (AvgIpc) is 2.31. The van der Waals surface area contributed by atoms with E-state index in [1.807, 2.05) is 30.0 Å². The summed E-state index contributed by atoms with van der Waals surface area (Å²) in [5.41, 5.74) is 1.88. The van der Waals surface area contributed by atoms with E-state index in [9.17, 15) is 4.79 Å². The lowest BCUT2D eigenvalue weighted by Gasteiger charge is -2.31. The molecule has 0 bridgehead atoms. The molecule has 0 radical (unpaired) electrons. The summed E-state index contributed by atoms with van der Waals surface area (Å²) in [6.07, 6.45) is 2.36. The van der Waals surface area contributed by atoms with Gasteiger partial charge in [-0.1, -0.05) is 28.9 Å². The van der Waals surface area contributed by atoms with Gasteiger partial charge in [-0.15, -0.1) is 0 Å². The summed E-state index contributed by atoms with van der Waals surface area (Å²) in [5, 5.41) is 0. The molecule has 2 rings (SSSR count). The Balaban J connectivity index is 2.21. The van der Waals surface area contributed by atoms with E-state index >= 15 is 0 Å². The van der Waals surface area contributed by atoms with Crippen molar-refractivity contribution in [3.05, 3.63) is 33.8 Å². The van der Waals surface area contributed by atoms with Gasteiger partial charge in [0.2, 0.25) is 0 Å². The van der Waals surface area contributed by atoms with Crippen LogP contribution in [-0.4, -0.2) is 23.9 Å². The molecule has 1 saturated heterocycles. The summed E-state index contributed by atoms with van der Waals surface area (Å²) >= 11 is 3.43. The van der Waals surface area contributed by atoms with Crippen LogP contribution in [0.2, 0.25) is 0 Å². The van der Waals surface area contributed by atoms with E-state index in [1.54, 1.807) is 0 Å². The van der Waals surface area contributed by atoms with Crippen molar-refractivity contribution in [3.8, 4) is 0 Å². The molecule has 0 aromatic heterocycles. The molecular formula is C14H18BrNO. The van der Waals surface area contributed by atoms with Crippen molar-refractivity contribution in [1.82, 2.24) is 4.90 Å². The molecule has 1 aliphatic heterocycles. The number of amides is 1. The fourth-order valence-electron chi connectivity index (χ4n) is 2.37. The van der Waals surface area contributed by atoms with Crippen LogP contribution >= 0.6 is 15.9 Å². The zero-order valence-electron chi connectivity index (χ0n) is 10.4. The Hall–Kier alpha value is -0.830. The minimum absolute atomic E-state index is 0.176. The number of halogens is 1. The lowest BCUT2D eigenvalue weighted by Crippen LogP contribution is -2.39. The number of carbonyl (C=O) groups is 1. The van der Waals surface area contributed by atoms with Crippen LogP contribution in [0.5, 0.6) is 0 Å². The molecular weight excluding hydrogens is 278 g/mol. The maximum absolute atomic E-state index is 12.4. The summed E-state index contributed by atoms with van der Waals surface area (Å²) in [4.78, 5) is 14.4. The molecule has 1 atom stereocenters. The number of nitrogens with zero attached hydrogens (tertiary/aromatic N) is 1. The van der Waals surface area contributed by atoms with E-state index in [0.717, 1.165) is 35.1 Å². The quantitative estimate of drug-likeness (QED) is 0.775. The summed E-state index contributed by atoms with van der Waals surface area (Å²) < 4.78 is 0.969. The zero-order chi connectivity index (χ0) is 12.4. The Kier molecular flexibility index (Phi) is 3.87. The second-order valence-corrected chi connectivity index (χ2v) is 5.87. The maximum Gasteiger partial charge on any atom is 0.254 e. The highest BCUT2D eigenvalue weighted by atomic mass is 79.9. The normalized spacial score (nSPS) is 20.4. The molecule has 0 aliphatic carbocycles. The molecule has 3 heteroatoms. The van der Waals surface area contributed by atoms with E-state index in [-0.39, 0.29) is 5.91 Å². The first-order valence-electron chi connectivity index (χ1n) is 6.13. The standard InChI is InChI=1S/C14H18BrNO/c1-10-4-3-7-16(9-10)14(17)13-8-12(15)6-5-11(13)2/h5-6,8,10H,3-4,7,9H2,1-2H3. The van der Waals surface area contributed by atoms with Crippen LogP contribution in [0, 0.1) is 12.8 Å². The summed E-state index contributed by atoms with van der Waals surface area (Å²) in [6, 6.07) is 5.90. The Morgan fingerprint density at radius 2 is 2.24 bits per heavy atom. The summed E-state index contributed by atoms with van der Waals surface area (Å²) in [6.45, 7) is 6.00. The van der Waals surface area contributed by atoms with E-state index in [0.29, 0.717) is 5.92 Å². The number of rotatable bonds is 1. The molecule has 1 fully saturated rings. The predicted molar refractivity (Wildman–Crippen MR) is 73.2 cm³/mol. The maximum atomic E-state index is 12.4. The highest BCUT2D eigenvalue weighted by molar-refractivity contribution is 9.10. The molecule has 1 aliphatic rings. The highest BCUT2D eigenvalue weighted by Crippen LogP contribution is 2.21. The van der Waals surface area contributed by atoms with Crippen LogP contribution in [0.1, 0.15) is 35.7 Å². The Morgan fingerprint density at radius 1 is 1.47 bits per heavy atom. The van der Waals surface area contributed by atoms with Crippen LogP contribution in [0.25, 0.3) is 0 Å². The lowest BCUT2D eigenvalue weighted by atomic mass is 9.99. The second-order valence-electron chi connectivity index (χ2n) is 4.96. The molecule has 1 unspecified atom stereocenters. The second kappa shape index (κ2) is 5.21. The topological polar surface area (TPSA) is 20.3 Å². The first kappa shape index (κ1) is 12.6. The number of hydrogen-bond acceptors (Lipinski definition) is 1. The van der Waals surface area contributed by atoms with Crippen LogP contribution in [0.3, 0.4) is 0 Å². The monoisotopic (exact) mass is 295 g/mol. The van der Waals surface area contributed by atoms with E-state index in [4.69, 9.17) is 0 Å². The van der Waals surface area contributed by atoms with Gasteiger partial charge in [0.1, 0.15) is 0 Å². The van der Waals surface area contributed by atoms with Gasteiger partial charge in [0, 0.05) is 23.1 Å². The molecule has 1 aromatic rings. The molecule has 92 valence electrons. The molecule has 1 heterocycles. The molecule has 1 amide bonds. The van der Waals surface area contributed by atoms with Crippen molar-refractivity contribution in [3.63, 3.8) is 0 Å². The molecule has 17 heavy (non-hydrogen) atoms. The third kappa shape index (κ3) is 2.89. The van der Waals surface area contributed by atoms with Crippen molar-refractivity contribution < 1.29 is 4.79 Å². The largest absolute Gasteiger partial charge is 0.338 e. The average molecular weight is 296 g/mol. The minimum atomic E-state index is 0.176. The number of aryl methyl sites for hydroxylation is 1. The first-order chi connectivity index (χ1) is 8.08. The molecule has 0 spiro atoms. The van der Waals surface area contributed by atoms with Gasteiger partial charge in [0.15, 0.2) is 0 Å². The van der Waals surface area contributed by atoms with Gasteiger partial charge in [0.25, 0.3) is 5.91 Å². The third-order valence-electron chi connectivity index (χ3n) is 3.37.